The standard InChI is InChI=1S/C13H20N4O3/c18-10-6-2-1-4-8(10)15-12(19)11-16-13(20-17-11)9-5-3-7-14-9/h8-10,14,18H,1-7H2,(H,15,19)/t8-,9?,10-/m1/s1. The van der Waals surface area contributed by atoms with E-state index >= 15 is 0 Å². The van der Waals surface area contributed by atoms with Crippen molar-refractivity contribution in [2.24, 2.45) is 0 Å². The number of aromatic nitrogens is 2. The number of amides is 1. The van der Waals surface area contributed by atoms with Gasteiger partial charge in [-0.3, -0.25) is 4.79 Å². The number of rotatable bonds is 3. The largest absolute Gasteiger partial charge is 0.391 e. The van der Waals surface area contributed by atoms with E-state index in [4.69, 9.17) is 4.52 Å². The van der Waals surface area contributed by atoms with Crippen molar-refractivity contribution >= 4 is 5.91 Å². The zero-order valence-electron chi connectivity index (χ0n) is 11.3. The molecular weight excluding hydrogens is 260 g/mol. The predicted octanol–water partition coefficient (Wildman–Crippen LogP) is 0.527. The van der Waals surface area contributed by atoms with E-state index in [0.717, 1.165) is 45.1 Å². The Kier molecular flexibility index (Phi) is 3.98. The Hall–Kier alpha value is -1.47. The Morgan fingerprint density at radius 2 is 2.15 bits per heavy atom. The molecule has 2 aliphatic rings. The third-order valence-electron chi connectivity index (χ3n) is 4.05. The van der Waals surface area contributed by atoms with Crippen LogP contribution >= 0.6 is 0 Å². The van der Waals surface area contributed by atoms with Crippen LogP contribution in [-0.4, -0.2) is 39.8 Å². The highest BCUT2D eigenvalue weighted by Crippen LogP contribution is 2.21. The van der Waals surface area contributed by atoms with Gasteiger partial charge in [0.25, 0.3) is 11.7 Å². The molecular formula is C13H20N4O3. The predicted molar refractivity (Wildman–Crippen MR) is 70.0 cm³/mol. The maximum absolute atomic E-state index is 12.1. The zero-order chi connectivity index (χ0) is 13.9. The number of hydrogen-bond acceptors (Lipinski definition) is 6. The minimum atomic E-state index is -0.476. The number of aliphatic hydroxyl groups excluding tert-OH is 1. The van der Waals surface area contributed by atoms with Gasteiger partial charge in [-0.15, -0.1) is 0 Å². The van der Waals surface area contributed by atoms with Crippen LogP contribution in [0.25, 0.3) is 0 Å². The first kappa shape index (κ1) is 13.5. The van der Waals surface area contributed by atoms with Crippen molar-refractivity contribution in [1.82, 2.24) is 20.8 Å². The number of nitrogens with zero attached hydrogens (tertiary/aromatic N) is 2. The SMILES string of the molecule is O=C(N[C@@H]1CCCC[C@H]1O)c1noc(C2CCCN2)n1. The lowest BCUT2D eigenvalue weighted by Gasteiger charge is -2.27. The molecule has 1 aliphatic heterocycles. The van der Waals surface area contributed by atoms with Crippen molar-refractivity contribution in [2.75, 3.05) is 6.54 Å². The summed E-state index contributed by atoms with van der Waals surface area (Å²) < 4.78 is 5.14. The molecule has 2 fully saturated rings. The maximum Gasteiger partial charge on any atom is 0.292 e. The Morgan fingerprint density at radius 3 is 2.90 bits per heavy atom. The maximum atomic E-state index is 12.1. The quantitative estimate of drug-likeness (QED) is 0.746. The van der Waals surface area contributed by atoms with Gasteiger partial charge in [-0.1, -0.05) is 18.0 Å². The summed E-state index contributed by atoms with van der Waals surface area (Å²) in [5.74, 6) is 0.146. The lowest BCUT2D eigenvalue weighted by atomic mass is 9.92. The molecule has 1 aliphatic carbocycles. The van der Waals surface area contributed by atoms with E-state index in [1.165, 1.54) is 0 Å². The van der Waals surface area contributed by atoms with Gasteiger partial charge in [-0.05, 0) is 32.2 Å². The number of nitrogens with one attached hydrogen (secondary N) is 2. The number of hydrogen-bond donors (Lipinski definition) is 3. The van der Waals surface area contributed by atoms with Crippen LogP contribution in [0.1, 0.15) is 61.1 Å². The molecule has 7 nitrogen and oxygen atoms in total. The molecule has 1 aromatic heterocycles. The van der Waals surface area contributed by atoms with Gasteiger partial charge >= 0.3 is 0 Å². The molecule has 1 saturated heterocycles. The third-order valence-corrected chi connectivity index (χ3v) is 4.05. The second-order valence-corrected chi connectivity index (χ2v) is 5.54. The molecule has 1 amide bonds. The molecule has 1 saturated carbocycles. The van der Waals surface area contributed by atoms with Gasteiger partial charge in [0, 0.05) is 0 Å². The van der Waals surface area contributed by atoms with Gasteiger partial charge in [-0.25, -0.2) is 0 Å². The Balaban J connectivity index is 1.62. The van der Waals surface area contributed by atoms with E-state index in [1.807, 2.05) is 0 Å². The van der Waals surface area contributed by atoms with E-state index in [2.05, 4.69) is 20.8 Å². The fraction of sp³-hybridized carbons (Fsp3) is 0.769. The van der Waals surface area contributed by atoms with Crippen LogP contribution in [0.2, 0.25) is 0 Å². The van der Waals surface area contributed by atoms with E-state index in [0.29, 0.717) is 5.89 Å². The minimum Gasteiger partial charge on any atom is -0.391 e. The highest BCUT2D eigenvalue weighted by Gasteiger charge is 2.28. The summed E-state index contributed by atoms with van der Waals surface area (Å²) in [4.78, 5) is 16.2. The second kappa shape index (κ2) is 5.88. The van der Waals surface area contributed by atoms with Gasteiger partial charge in [0.1, 0.15) is 0 Å². The molecule has 1 aromatic rings. The monoisotopic (exact) mass is 280 g/mol. The van der Waals surface area contributed by atoms with Gasteiger partial charge in [0.05, 0.1) is 18.2 Å². The lowest BCUT2D eigenvalue weighted by molar-refractivity contribution is 0.0708. The number of carbonyl (C=O) groups excluding carboxylic acids is 1. The van der Waals surface area contributed by atoms with Crippen molar-refractivity contribution in [2.45, 2.75) is 56.7 Å². The fourth-order valence-electron chi connectivity index (χ4n) is 2.88. The van der Waals surface area contributed by atoms with E-state index in [-0.39, 0.29) is 23.8 Å². The molecule has 0 radical (unpaired) electrons. The first-order chi connectivity index (χ1) is 9.74. The Morgan fingerprint density at radius 1 is 1.30 bits per heavy atom. The average Bonchev–Trinajstić information content (AvgIpc) is 3.11. The summed E-state index contributed by atoms with van der Waals surface area (Å²) in [7, 11) is 0. The molecule has 1 unspecified atom stereocenters. The normalized spacial score (nSPS) is 30.4. The first-order valence-corrected chi connectivity index (χ1v) is 7.30. The summed E-state index contributed by atoms with van der Waals surface area (Å²) >= 11 is 0. The summed E-state index contributed by atoms with van der Waals surface area (Å²) in [6.45, 7) is 0.933. The van der Waals surface area contributed by atoms with Crippen molar-refractivity contribution in [3.05, 3.63) is 11.7 Å². The van der Waals surface area contributed by atoms with Gasteiger partial charge < -0.3 is 20.3 Å². The van der Waals surface area contributed by atoms with Gasteiger partial charge in [-0.2, -0.15) is 4.98 Å². The molecule has 3 N–H and O–H groups in total. The Labute approximate surface area is 117 Å². The van der Waals surface area contributed by atoms with Crippen LogP contribution in [0.5, 0.6) is 0 Å². The van der Waals surface area contributed by atoms with Crippen LogP contribution in [0, 0.1) is 0 Å². The van der Waals surface area contributed by atoms with Crippen molar-refractivity contribution in [3.63, 3.8) is 0 Å². The molecule has 3 atom stereocenters. The van der Waals surface area contributed by atoms with Crippen LogP contribution in [0.4, 0.5) is 0 Å². The molecule has 0 spiro atoms. The van der Waals surface area contributed by atoms with Crippen LogP contribution in [0.3, 0.4) is 0 Å². The highest BCUT2D eigenvalue weighted by molar-refractivity contribution is 5.90. The summed E-state index contributed by atoms with van der Waals surface area (Å²) in [6, 6.07) is -0.146. The third kappa shape index (κ3) is 2.83. The zero-order valence-corrected chi connectivity index (χ0v) is 11.3. The highest BCUT2D eigenvalue weighted by atomic mass is 16.5. The van der Waals surface area contributed by atoms with Crippen molar-refractivity contribution in [1.29, 1.82) is 0 Å². The summed E-state index contributed by atoms with van der Waals surface area (Å²) in [5.41, 5.74) is 0. The molecule has 2 heterocycles. The van der Waals surface area contributed by atoms with E-state index in [1.54, 1.807) is 0 Å². The van der Waals surface area contributed by atoms with Crippen molar-refractivity contribution in [3.8, 4) is 0 Å². The second-order valence-electron chi connectivity index (χ2n) is 5.54. The molecule has 7 heteroatoms. The first-order valence-electron chi connectivity index (χ1n) is 7.30. The fourth-order valence-corrected chi connectivity index (χ4v) is 2.88. The molecule has 3 rings (SSSR count). The van der Waals surface area contributed by atoms with Gasteiger partial charge in [0.2, 0.25) is 5.89 Å². The summed E-state index contributed by atoms with van der Waals surface area (Å²) in [6.07, 6.45) is 5.10. The van der Waals surface area contributed by atoms with Gasteiger partial charge in [0.15, 0.2) is 0 Å². The van der Waals surface area contributed by atoms with Crippen LogP contribution in [-0.2, 0) is 0 Å². The van der Waals surface area contributed by atoms with E-state index < -0.39 is 6.10 Å². The van der Waals surface area contributed by atoms with E-state index in [9.17, 15) is 9.90 Å². The summed E-state index contributed by atoms with van der Waals surface area (Å²) in [5, 5.41) is 19.6. The molecule has 0 bridgehead atoms. The molecule has 110 valence electrons. The van der Waals surface area contributed by atoms with Crippen LogP contribution in [0.15, 0.2) is 4.52 Å². The number of carbonyl (C=O) groups is 1. The number of aliphatic hydroxyl groups is 1. The van der Waals surface area contributed by atoms with Crippen LogP contribution < -0.4 is 10.6 Å². The molecule has 0 aromatic carbocycles. The topological polar surface area (TPSA) is 100 Å². The molecule has 20 heavy (non-hydrogen) atoms. The Bertz CT molecular complexity index is 470. The minimum absolute atomic E-state index is 0.0477. The lowest BCUT2D eigenvalue weighted by Crippen LogP contribution is -2.45. The van der Waals surface area contributed by atoms with Crippen molar-refractivity contribution < 1.29 is 14.4 Å². The average molecular weight is 280 g/mol. The smallest absolute Gasteiger partial charge is 0.292 e.